The number of fused-ring (bicyclic) bond motifs is 1. The lowest BCUT2D eigenvalue weighted by atomic mass is 10.1. The van der Waals surface area contributed by atoms with E-state index in [4.69, 9.17) is 4.74 Å². The van der Waals surface area contributed by atoms with Gasteiger partial charge in [-0.2, -0.15) is 0 Å². The third kappa shape index (κ3) is 8.43. The van der Waals surface area contributed by atoms with Crippen LogP contribution < -0.4 is 10.6 Å². The number of nitrogens with one attached hydrogen (secondary N) is 2. The molecule has 2 aromatic rings. The van der Waals surface area contributed by atoms with Gasteiger partial charge < -0.3 is 20.3 Å². The fourth-order valence-corrected chi connectivity index (χ4v) is 3.62. The number of amides is 1. The van der Waals surface area contributed by atoms with Gasteiger partial charge in [0.2, 0.25) is 5.91 Å². The molecule has 2 N–H and O–H groups in total. The summed E-state index contributed by atoms with van der Waals surface area (Å²) in [5, 5.41) is 6.63. The fraction of sp³-hybridized carbons (Fsp3) is 0.440. The molecule has 0 aliphatic carbocycles. The zero-order valence-corrected chi connectivity index (χ0v) is 21.4. The van der Waals surface area contributed by atoms with E-state index < -0.39 is 0 Å². The largest absolute Gasteiger partial charge is 0.376 e. The Bertz CT molecular complexity index is 835. The molecule has 0 bridgehead atoms. The highest BCUT2D eigenvalue weighted by Crippen LogP contribution is 2.22. The molecule has 1 aliphatic rings. The first-order valence-corrected chi connectivity index (χ1v) is 11.1. The Hall–Kier alpha value is -2.13. The Morgan fingerprint density at radius 2 is 1.72 bits per heavy atom. The van der Waals surface area contributed by atoms with Crippen molar-refractivity contribution >= 4 is 35.8 Å². The number of carbonyl (C=O) groups excluding carboxylic acids is 1. The molecule has 7 heteroatoms. The molecule has 1 amide bonds. The molecule has 174 valence electrons. The number of rotatable bonds is 10. The molecule has 3 rings (SSSR count). The van der Waals surface area contributed by atoms with Gasteiger partial charge in [0.05, 0.1) is 13.2 Å². The van der Waals surface area contributed by atoms with Gasteiger partial charge in [0.1, 0.15) is 0 Å². The summed E-state index contributed by atoms with van der Waals surface area (Å²) in [6.07, 6.45) is 1.32. The number of ether oxygens (including phenoxy) is 1. The predicted molar refractivity (Wildman–Crippen MR) is 140 cm³/mol. The minimum Gasteiger partial charge on any atom is -0.376 e. The number of carbonyl (C=O) groups is 1. The highest BCUT2D eigenvalue weighted by molar-refractivity contribution is 14.0. The molecule has 0 saturated heterocycles. The molecular formula is C25H35IN4O2. The first kappa shape index (κ1) is 26.1. The van der Waals surface area contributed by atoms with Crippen molar-refractivity contribution in [2.45, 2.75) is 39.5 Å². The van der Waals surface area contributed by atoms with Gasteiger partial charge in [0.25, 0.3) is 0 Å². The summed E-state index contributed by atoms with van der Waals surface area (Å²) in [5.74, 6) is 1.33. The van der Waals surface area contributed by atoms with Crippen molar-refractivity contribution in [2.24, 2.45) is 10.9 Å². The lowest BCUT2D eigenvalue weighted by molar-refractivity contribution is -0.131. The molecule has 1 unspecified atom stereocenters. The van der Waals surface area contributed by atoms with Gasteiger partial charge in [-0.15, -0.1) is 24.0 Å². The van der Waals surface area contributed by atoms with Gasteiger partial charge in [-0.1, -0.05) is 61.5 Å². The monoisotopic (exact) mass is 550 g/mol. The van der Waals surface area contributed by atoms with E-state index in [2.05, 4.69) is 46.8 Å². The summed E-state index contributed by atoms with van der Waals surface area (Å²) in [7, 11) is 1.76. The smallest absolute Gasteiger partial charge is 0.223 e. The van der Waals surface area contributed by atoms with Crippen molar-refractivity contribution < 1.29 is 9.53 Å². The van der Waals surface area contributed by atoms with E-state index in [1.165, 1.54) is 16.7 Å². The maximum Gasteiger partial charge on any atom is 0.223 e. The number of nitrogens with zero attached hydrogens (tertiary/aromatic N) is 2. The first-order chi connectivity index (χ1) is 15.2. The minimum atomic E-state index is 0. The first-order valence-electron chi connectivity index (χ1n) is 11.1. The zero-order valence-electron chi connectivity index (χ0n) is 19.0. The Kier molecular flexibility index (Phi) is 11.5. The summed E-state index contributed by atoms with van der Waals surface area (Å²) in [4.78, 5) is 18.7. The predicted octanol–water partition coefficient (Wildman–Crippen LogP) is 3.94. The maximum absolute atomic E-state index is 12.5. The average molecular weight is 550 g/mol. The number of hydrogen-bond donors (Lipinski definition) is 2. The molecule has 0 saturated carbocycles. The highest BCUT2D eigenvalue weighted by atomic mass is 127. The van der Waals surface area contributed by atoms with Crippen LogP contribution >= 0.6 is 24.0 Å². The number of aliphatic imine (C=N–C) groups is 1. The van der Waals surface area contributed by atoms with Crippen LogP contribution in [-0.4, -0.2) is 43.5 Å². The van der Waals surface area contributed by atoms with Gasteiger partial charge in [-0.05, 0) is 29.0 Å². The van der Waals surface area contributed by atoms with Crippen molar-refractivity contribution in [2.75, 3.05) is 26.7 Å². The Balaban J connectivity index is 0.00000363. The Morgan fingerprint density at radius 3 is 2.38 bits per heavy atom. The normalized spacial score (nSPS) is 13.8. The van der Waals surface area contributed by atoms with E-state index in [0.29, 0.717) is 32.1 Å². The number of benzene rings is 2. The van der Waals surface area contributed by atoms with Gasteiger partial charge in [-0.3, -0.25) is 9.79 Å². The molecule has 1 atom stereocenters. The van der Waals surface area contributed by atoms with E-state index in [0.717, 1.165) is 32.0 Å². The lowest BCUT2D eigenvalue weighted by Crippen LogP contribution is -2.40. The number of hydrogen-bond acceptors (Lipinski definition) is 3. The molecule has 2 aromatic carbocycles. The lowest BCUT2D eigenvalue weighted by Gasteiger charge is -2.17. The van der Waals surface area contributed by atoms with Crippen LogP contribution in [0.2, 0.25) is 0 Å². The van der Waals surface area contributed by atoms with Crippen molar-refractivity contribution in [3.8, 4) is 0 Å². The third-order valence-corrected chi connectivity index (χ3v) is 5.41. The van der Waals surface area contributed by atoms with E-state index >= 15 is 0 Å². The molecule has 1 aliphatic heterocycles. The molecule has 32 heavy (non-hydrogen) atoms. The molecule has 0 fully saturated rings. The van der Waals surface area contributed by atoms with E-state index in [1.54, 1.807) is 7.05 Å². The van der Waals surface area contributed by atoms with Crippen LogP contribution in [-0.2, 0) is 29.2 Å². The van der Waals surface area contributed by atoms with Gasteiger partial charge in [0.15, 0.2) is 5.96 Å². The highest BCUT2D eigenvalue weighted by Gasteiger charge is 2.22. The minimum absolute atomic E-state index is 0. The topological polar surface area (TPSA) is 66.0 Å². The summed E-state index contributed by atoms with van der Waals surface area (Å²) in [6.45, 7) is 6.42. The SMILES string of the molecule is CN=C(NCCCC(=O)N1Cc2ccccc2C1)NCC(C)COCc1ccccc1.I. The quantitative estimate of drug-likeness (QED) is 0.204. The van der Waals surface area contributed by atoms with Crippen molar-refractivity contribution in [3.05, 3.63) is 71.3 Å². The summed E-state index contributed by atoms with van der Waals surface area (Å²) >= 11 is 0. The Morgan fingerprint density at radius 1 is 1.06 bits per heavy atom. The van der Waals surface area contributed by atoms with Gasteiger partial charge in [-0.25, -0.2) is 0 Å². The van der Waals surface area contributed by atoms with E-state index in [1.807, 2.05) is 35.2 Å². The molecule has 6 nitrogen and oxygen atoms in total. The number of halogens is 1. The van der Waals surface area contributed by atoms with E-state index in [9.17, 15) is 4.79 Å². The van der Waals surface area contributed by atoms with Crippen LogP contribution in [0.3, 0.4) is 0 Å². The van der Waals surface area contributed by atoms with Crippen LogP contribution in [0.4, 0.5) is 0 Å². The third-order valence-electron chi connectivity index (χ3n) is 5.41. The average Bonchev–Trinajstić information content (AvgIpc) is 3.24. The second-order valence-electron chi connectivity index (χ2n) is 8.11. The summed E-state index contributed by atoms with van der Waals surface area (Å²) in [6, 6.07) is 18.5. The molecule has 0 spiro atoms. The van der Waals surface area contributed by atoms with Crippen molar-refractivity contribution in [1.29, 1.82) is 0 Å². The van der Waals surface area contributed by atoms with Crippen LogP contribution in [0.15, 0.2) is 59.6 Å². The maximum atomic E-state index is 12.5. The summed E-state index contributed by atoms with van der Waals surface area (Å²) < 4.78 is 5.80. The van der Waals surface area contributed by atoms with Crippen LogP contribution in [0.25, 0.3) is 0 Å². The van der Waals surface area contributed by atoms with E-state index in [-0.39, 0.29) is 29.9 Å². The Labute approximate surface area is 208 Å². The molecule has 0 radical (unpaired) electrons. The van der Waals surface area contributed by atoms with Gasteiger partial charge in [0, 0.05) is 39.6 Å². The molecule has 1 heterocycles. The number of guanidine groups is 1. The fourth-order valence-electron chi connectivity index (χ4n) is 3.62. The summed E-state index contributed by atoms with van der Waals surface area (Å²) in [5.41, 5.74) is 3.72. The van der Waals surface area contributed by atoms with Gasteiger partial charge >= 0.3 is 0 Å². The van der Waals surface area contributed by atoms with Crippen LogP contribution in [0.5, 0.6) is 0 Å². The second kappa shape index (κ2) is 14.1. The standard InChI is InChI=1S/C25H34N4O2.HI/c1-20(18-31-19-21-9-4-3-5-10-21)15-28-25(26-2)27-14-8-13-24(30)29-16-22-11-6-7-12-23(22)17-29;/h3-7,9-12,20H,8,13-19H2,1-2H3,(H2,26,27,28);1H. The van der Waals surface area contributed by atoms with Crippen molar-refractivity contribution in [1.82, 2.24) is 15.5 Å². The molecule has 0 aromatic heterocycles. The van der Waals surface area contributed by atoms with Crippen LogP contribution in [0, 0.1) is 5.92 Å². The van der Waals surface area contributed by atoms with Crippen LogP contribution in [0.1, 0.15) is 36.5 Å². The van der Waals surface area contributed by atoms with Crippen molar-refractivity contribution in [3.63, 3.8) is 0 Å². The zero-order chi connectivity index (χ0) is 21.9. The second-order valence-corrected chi connectivity index (χ2v) is 8.11. The molecular weight excluding hydrogens is 515 g/mol.